The molecule has 1 aliphatic carbocycles. The summed E-state index contributed by atoms with van der Waals surface area (Å²) in [5, 5.41) is 0. The van der Waals surface area contributed by atoms with Crippen molar-refractivity contribution in [1.29, 1.82) is 0 Å². The van der Waals surface area contributed by atoms with E-state index in [2.05, 4.69) is 22.1 Å². The Labute approximate surface area is 202 Å². The summed E-state index contributed by atoms with van der Waals surface area (Å²) in [7, 11) is 0. The maximum atomic E-state index is 12.8. The molecule has 35 heavy (non-hydrogen) atoms. The van der Waals surface area contributed by atoms with Crippen LogP contribution in [0.25, 0.3) is 33.8 Å². The van der Waals surface area contributed by atoms with Crippen LogP contribution in [0.1, 0.15) is 24.8 Å². The third-order valence-corrected chi connectivity index (χ3v) is 6.63. The van der Waals surface area contributed by atoms with E-state index in [0.29, 0.717) is 17.2 Å². The zero-order chi connectivity index (χ0) is 23.8. The van der Waals surface area contributed by atoms with Crippen LogP contribution in [0.4, 0.5) is 0 Å². The van der Waals surface area contributed by atoms with Gasteiger partial charge in [-0.3, -0.25) is 4.79 Å². The molecule has 6 heteroatoms. The summed E-state index contributed by atoms with van der Waals surface area (Å²) in [6.45, 7) is 0. The molecule has 0 amide bonds. The van der Waals surface area contributed by atoms with Gasteiger partial charge in [-0.2, -0.15) is 0 Å². The number of pyridine rings is 2. The van der Waals surface area contributed by atoms with E-state index in [1.54, 1.807) is 18.3 Å². The van der Waals surface area contributed by atoms with Crippen LogP contribution in [-0.4, -0.2) is 9.97 Å². The number of hydrogen-bond acceptors (Lipinski definition) is 6. The van der Waals surface area contributed by atoms with Crippen molar-refractivity contribution in [3.63, 3.8) is 0 Å². The summed E-state index contributed by atoms with van der Waals surface area (Å²) in [5.41, 5.74) is 10.2. The van der Waals surface area contributed by atoms with Gasteiger partial charge in [-0.1, -0.05) is 60.7 Å². The Bertz CT molecular complexity index is 1510. The monoisotopic (exact) mass is 461 g/mol. The van der Waals surface area contributed by atoms with Gasteiger partial charge < -0.3 is 14.9 Å². The predicted molar refractivity (Wildman–Crippen MR) is 134 cm³/mol. The standard InChI is InChI=1S/C29H23N3O3/c30-29(14-6-15-29)21-12-10-19(11-13-21)22-17-23-24(33)18-32-28(34-25-9-4-5-16-31-25)27(23)35-26(22)20-7-2-1-3-8-20/h1-5,7-13,16-18H,6,14-15,30H2. The van der Waals surface area contributed by atoms with Crippen molar-refractivity contribution in [3.8, 4) is 45.5 Å². The van der Waals surface area contributed by atoms with Gasteiger partial charge in [0.05, 0.1) is 11.8 Å². The Hall–Kier alpha value is -4.29. The second kappa shape index (κ2) is 8.49. The molecule has 172 valence electrons. The topological polar surface area (TPSA) is 91.2 Å². The van der Waals surface area contributed by atoms with Crippen LogP contribution in [0.5, 0.6) is 11.8 Å². The zero-order valence-corrected chi connectivity index (χ0v) is 19.0. The third-order valence-electron chi connectivity index (χ3n) is 6.63. The molecule has 3 heterocycles. The number of rotatable bonds is 5. The molecule has 0 atom stereocenters. The Morgan fingerprint density at radius 2 is 1.60 bits per heavy atom. The van der Waals surface area contributed by atoms with E-state index in [1.807, 2.05) is 54.6 Å². The average Bonchev–Trinajstić information content (AvgIpc) is 2.89. The van der Waals surface area contributed by atoms with Crippen molar-refractivity contribution < 1.29 is 9.15 Å². The first kappa shape index (κ1) is 21.3. The summed E-state index contributed by atoms with van der Waals surface area (Å²) in [5.74, 6) is 1.45. The number of ether oxygens (including phenoxy) is 1. The minimum atomic E-state index is -0.245. The minimum absolute atomic E-state index is 0.187. The lowest BCUT2D eigenvalue weighted by Crippen LogP contribution is -2.43. The highest BCUT2D eigenvalue weighted by Crippen LogP contribution is 2.42. The molecule has 2 aliphatic heterocycles. The molecule has 0 radical (unpaired) electrons. The van der Waals surface area contributed by atoms with Crippen molar-refractivity contribution in [2.75, 3.05) is 0 Å². The fraction of sp³-hybridized carbons (Fsp3) is 0.138. The van der Waals surface area contributed by atoms with Crippen LogP contribution in [0, 0.1) is 0 Å². The summed E-state index contributed by atoms with van der Waals surface area (Å²) in [4.78, 5) is 21.2. The molecule has 3 aliphatic rings. The van der Waals surface area contributed by atoms with Gasteiger partial charge in [-0.25, -0.2) is 9.97 Å². The smallest absolute Gasteiger partial charge is 0.265 e. The second-order valence-corrected chi connectivity index (χ2v) is 8.88. The lowest BCUT2D eigenvalue weighted by Gasteiger charge is -2.38. The lowest BCUT2D eigenvalue weighted by atomic mass is 9.72. The highest BCUT2D eigenvalue weighted by atomic mass is 16.5. The van der Waals surface area contributed by atoms with Crippen LogP contribution >= 0.6 is 0 Å². The van der Waals surface area contributed by atoms with Gasteiger partial charge in [-0.05, 0) is 42.5 Å². The van der Waals surface area contributed by atoms with Gasteiger partial charge in [-0.15, -0.1) is 0 Å². The van der Waals surface area contributed by atoms with Crippen LogP contribution in [0.3, 0.4) is 0 Å². The van der Waals surface area contributed by atoms with Crippen molar-refractivity contribution in [3.05, 3.63) is 107 Å². The van der Waals surface area contributed by atoms with Crippen molar-refractivity contribution in [2.45, 2.75) is 24.8 Å². The Morgan fingerprint density at radius 3 is 2.29 bits per heavy atom. The molecular formula is C29H23N3O3. The summed E-state index contributed by atoms with van der Waals surface area (Å²) < 4.78 is 12.3. The first-order valence-electron chi connectivity index (χ1n) is 11.6. The molecule has 1 saturated carbocycles. The van der Waals surface area contributed by atoms with Crippen molar-refractivity contribution in [1.82, 2.24) is 9.97 Å². The Kier molecular flexibility index (Phi) is 5.16. The molecule has 0 bridgehead atoms. The second-order valence-electron chi connectivity index (χ2n) is 8.88. The molecule has 6 nitrogen and oxygen atoms in total. The molecule has 2 N–H and O–H groups in total. The number of fused-ring (bicyclic) bond motifs is 1. The van der Waals surface area contributed by atoms with Gasteiger partial charge in [0.25, 0.3) is 5.88 Å². The number of nitrogens with two attached hydrogens (primary N) is 1. The van der Waals surface area contributed by atoms with E-state index in [-0.39, 0.29) is 22.6 Å². The average molecular weight is 462 g/mol. The van der Waals surface area contributed by atoms with Crippen LogP contribution < -0.4 is 15.9 Å². The molecule has 0 spiro atoms. The predicted octanol–water partition coefficient (Wildman–Crippen LogP) is 6.00. The molecular weight excluding hydrogens is 438 g/mol. The van der Waals surface area contributed by atoms with Crippen LogP contribution in [0.15, 0.2) is 100 Å². The van der Waals surface area contributed by atoms with E-state index < -0.39 is 0 Å². The van der Waals surface area contributed by atoms with Crippen LogP contribution in [-0.2, 0) is 5.54 Å². The van der Waals surface area contributed by atoms with Crippen LogP contribution in [0.2, 0.25) is 0 Å². The Balaban J connectivity index is 1.53. The fourth-order valence-corrected chi connectivity index (χ4v) is 4.50. The molecule has 2 aromatic carbocycles. The zero-order valence-electron chi connectivity index (χ0n) is 19.0. The highest BCUT2D eigenvalue weighted by molar-refractivity contribution is 5.84. The van der Waals surface area contributed by atoms with E-state index in [0.717, 1.165) is 41.5 Å². The third kappa shape index (κ3) is 3.88. The maximum Gasteiger partial charge on any atom is 0.265 e. The Morgan fingerprint density at radius 1 is 0.829 bits per heavy atom. The highest BCUT2D eigenvalue weighted by Gasteiger charge is 2.34. The molecule has 3 aromatic rings. The van der Waals surface area contributed by atoms with E-state index in [4.69, 9.17) is 14.9 Å². The van der Waals surface area contributed by atoms with Crippen molar-refractivity contribution in [2.24, 2.45) is 5.73 Å². The summed E-state index contributed by atoms with van der Waals surface area (Å²) in [6.07, 6.45) is 6.03. The van der Waals surface area contributed by atoms with Gasteiger partial charge in [0.2, 0.25) is 17.1 Å². The SMILES string of the molecule is NC1(c2ccc(-c3cc4c(=O)cnc(Oc5ccccn5)c-4oc3-c3ccccc3)cc2)CCC1. The van der Waals surface area contributed by atoms with Gasteiger partial charge in [0.1, 0.15) is 5.76 Å². The number of benzene rings is 2. The minimum Gasteiger partial charge on any atom is -0.450 e. The molecule has 1 fully saturated rings. The maximum absolute atomic E-state index is 12.8. The van der Waals surface area contributed by atoms with E-state index in [9.17, 15) is 4.79 Å². The van der Waals surface area contributed by atoms with E-state index in [1.165, 1.54) is 6.20 Å². The first-order chi connectivity index (χ1) is 17.1. The normalized spacial score (nSPS) is 14.4. The fourth-order valence-electron chi connectivity index (χ4n) is 4.50. The van der Waals surface area contributed by atoms with Gasteiger partial charge in [0, 0.05) is 28.9 Å². The quantitative estimate of drug-likeness (QED) is 0.345. The molecule has 1 aromatic heterocycles. The molecule has 0 saturated heterocycles. The largest absolute Gasteiger partial charge is 0.450 e. The van der Waals surface area contributed by atoms with Gasteiger partial charge in [0.15, 0.2) is 0 Å². The number of aromatic nitrogens is 2. The molecule has 6 rings (SSSR count). The number of hydrogen-bond donors (Lipinski definition) is 1. The van der Waals surface area contributed by atoms with Gasteiger partial charge >= 0.3 is 0 Å². The summed E-state index contributed by atoms with van der Waals surface area (Å²) in [6, 6.07) is 25.2. The lowest BCUT2D eigenvalue weighted by molar-refractivity contribution is 0.253. The summed E-state index contributed by atoms with van der Waals surface area (Å²) >= 11 is 0. The molecule has 0 unspecified atom stereocenters. The first-order valence-corrected chi connectivity index (χ1v) is 11.6. The van der Waals surface area contributed by atoms with E-state index >= 15 is 0 Å². The number of nitrogens with zero attached hydrogens (tertiary/aromatic N) is 2. The van der Waals surface area contributed by atoms with Crippen molar-refractivity contribution >= 4 is 0 Å².